The molecule has 2 N–H and O–H groups in total. The number of anilines is 1. The van der Waals surface area contributed by atoms with Crippen LogP contribution < -0.4 is 10.6 Å². The third-order valence-corrected chi connectivity index (χ3v) is 3.82. The molecule has 3 atom stereocenters. The maximum absolute atomic E-state index is 5.94. The van der Waals surface area contributed by atoms with Gasteiger partial charge in [-0.1, -0.05) is 6.92 Å². The van der Waals surface area contributed by atoms with E-state index in [4.69, 9.17) is 15.2 Å². The van der Waals surface area contributed by atoms with Crippen molar-refractivity contribution in [3.05, 3.63) is 18.0 Å². The van der Waals surface area contributed by atoms with Crippen molar-refractivity contribution in [2.24, 2.45) is 5.73 Å². The summed E-state index contributed by atoms with van der Waals surface area (Å²) in [4.78, 5) is 11.0. The lowest BCUT2D eigenvalue weighted by molar-refractivity contribution is -0.00461. The van der Waals surface area contributed by atoms with Crippen LogP contribution in [0.4, 0.5) is 5.95 Å². The van der Waals surface area contributed by atoms with E-state index in [0.717, 1.165) is 37.4 Å². The summed E-state index contributed by atoms with van der Waals surface area (Å²) in [5.74, 6) is 0.723. The molecule has 1 aromatic heterocycles. The first-order valence-corrected chi connectivity index (χ1v) is 7.05. The van der Waals surface area contributed by atoms with Crippen molar-refractivity contribution in [1.82, 2.24) is 9.97 Å². The summed E-state index contributed by atoms with van der Waals surface area (Å²) in [5.41, 5.74) is 7.02. The van der Waals surface area contributed by atoms with Gasteiger partial charge in [0.05, 0.1) is 0 Å². The van der Waals surface area contributed by atoms with E-state index in [1.165, 1.54) is 0 Å². The molecule has 2 heterocycles. The summed E-state index contributed by atoms with van der Waals surface area (Å²) in [5, 5.41) is 0. The number of aromatic nitrogens is 2. The van der Waals surface area contributed by atoms with Crippen molar-refractivity contribution in [3.8, 4) is 0 Å². The third-order valence-electron chi connectivity index (χ3n) is 3.82. The molecule has 6 heteroatoms. The quantitative estimate of drug-likeness (QED) is 0.823. The van der Waals surface area contributed by atoms with Crippen molar-refractivity contribution < 1.29 is 9.47 Å². The molecule has 112 valence electrons. The molecule has 6 nitrogen and oxygen atoms in total. The molecule has 2 rings (SSSR count). The molecule has 0 aromatic carbocycles. The Kier molecular flexibility index (Phi) is 5.28. The average molecular weight is 280 g/mol. The normalized spacial score (nSPS) is 24.1. The smallest absolute Gasteiger partial charge is 0.225 e. The first kappa shape index (κ1) is 15.2. The van der Waals surface area contributed by atoms with Crippen LogP contribution in [0.1, 0.15) is 18.9 Å². The molecule has 1 fully saturated rings. The van der Waals surface area contributed by atoms with Gasteiger partial charge in [-0.05, 0) is 18.4 Å². The summed E-state index contributed by atoms with van der Waals surface area (Å²) < 4.78 is 10.8. The number of nitrogens with two attached hydrogens (primary N) is 1. The predicted octanol–water partition coefficient (Wildman–Crippen LogP) is 0.606. The van der Waals surface area contributed by atoms with E-state index in [1.807, 2.05) is 12.4 Å². The minimum absolute atomic E-state index is 0.0665. The van der Waals surface area contributed by atoms with Crippen LogP contribution in [0.3, 0.4) is 0 Å². The van der Waals surface area contributed by atoms with Crippen LogP contribution in [0, 0.1) is 0 Å². The van der Waals surface area contributed by atoms with E-state index in [0.29, 0.717) is 0 Å². The fourth-order valence-corrected chi connectivity index (χ4v) is 2.42. The number of methoxy groups -OCH3 is 2. The van der Waals surface area contributed by atoms with Gasteiger partial charge in [0.1, 0.15) is 12.2 Å². The van der Waals surface area contributed by atoms with Crippen LogP contribution in [0.5, 0.6) is 0 Å². The molecular weight excluding hydrogens is 256 g/mol. The highest BCUT2D eigenvalue weighted by molar-refractivity contribution is 5.33. The largest absolute Gasteiger partial charge is 0.377 e. The van der Waals surface area contributed by atoms with E-state index in [-0.39, 0.29) is 18.2 Å². The SMILES string of the molecule is CCC(N)Cc1cnc(N2CC(OC)C(OC)C2)nc1. The Labute approximate surface area is 120 Å². The fraction of sp³-hybridized carbons (Fsp3) is 0.714. The average Bonchev–Trinajstić information content (AvgIpc) is 2.91. The fourth-order valence-electron chi connectivity index (χ4n) is 2.42. The predicted molar refractivity (Wildman–Crippen MR) is 77.8 cm³/mol. The molecule has 0 bridgehead atoms. The van der Waals surface area contributed by atoms with Gasteiger partial charge in [-0.3, -0.25) is 0 Å². The lowest BCUT2D eigenvalue weighted by Gasteiger charge is -2.16. The zero-order valence-electron chi connectivity index (χ0n) is 12.5. The monoisotopic (exact) mass is 280 g/mol. The highest BCUT2D eigenvalue weighted by Crippen LogP contribution is 2.20. The van der Waals surface area contributed by atoms with Gasteiger partial charge in [-0.2, -0.15) is 0 Å². The molecule has 1 aliphatic heterocycles. The van der Waals surface area contributed by atoms with Crippen molar-refractivity contribution in [3.63, 3.8) is 0 Å². The first-order valence-electron chi connectivity index (χ1n) is 7.05. The summed E-state index contributed by atoms with van der Waals surface area (Å²) in [6, 6.07) is 0.173. The molecule has 0 radical (unpaired) electrons. The van der Waals surface area contributed by atoms with Gasteiger partial charge in [0, 0.05) is 45.7 Å². The van der Waals surface area contributed by atoms with Crippen molar-refractivity contribution in [2.75, 3.05) is 32.2 Å². The Hall–Kier alpha value is -1.24. The van der Waals surface area contributed by atoms with E-state index in [1.54, 1.807) is 14.2 Å². The molecule has 1 aliphatic rings. The number of hydrogen-bond donors (Lipinski definition) is 1. The summed E-state index contributed by atoms with van der Waals surface area (Å²) in [6.45, 7) is 3.59. The zero-order valence-corrected chi connectivity index (χ0v) is 12.5. The first-order chi connectivity index (χ1) is 9.67. The molecule has 1 aromatic rings. The summed E-state index contributed by atoms with van der Waals surface area (Å²) >= 11 is 0. The van der Waals surface area contributed by atoms with Crippen molar-refractivity contribution in [1.29, 1.82) is 0 Å². The van der Waals surface area contributed by atoms with Gasteiger partial charge in [-0.25, -0.2) is 9.97 Å². The third kappa shape index (κ3) is 3.45. The lowest BCUT2D eigenvalue weighted by Crippen LogP contribution is -2.27. The van der Waals surface area contributed by atoms with Gasteiger partial charge in [0.25, 0.3) is 0 Å². The van der Waals surface area contributed by atoms with E-state index in [2.05, 4.69) is 21.8 Å². The number of nitrogens with zero attached hydrogens (tertiary/aromatic N) is 3. The molecule has 0 aliphatic carbocycles. The Morgan fingerprint density at radius 2 is 1.80 bits per heavy atom. The standard InChI is InChI=1S/C14H24N4O2/c1-4-11(15)5-10-6-16-14(17-7-10)18-8-12(19-2)13(9-18)20-3/h6-7,11-13H,4-5,8-9,15H2,1-3H3. The van der Waals surface area contributed by atoms with Crippen LogP contribution in [-0.2, 0) is 15.9 Å². The minimum atomic E-state index is 0.0665. The highest BCUT2D eigenvalue weighted by atomic mass is 16.5. The Balaban J connectivity index is 2.00. The van der Waals surface area contributed by atoms with Gasteiger partial charge in [-0.15, -0.1) is 0 Å². The van der Waals surface area contributed by atoms with E-state index < -0.39 is 0 Å². The number of rotatable bonds is 6. The topological polar surface area (TPSA) is 73.5 Å². The van der Waals surface area contributed by atoms with Crippen LogP contribution in [-0.4, -0.2) is 55.5 Å². The minimum Gasteiger partial charge on any atom is -0.377 e. The lowest BCUT2D eigenvalue weighted by atomic mass is 10.1. The van der Waals surface area contributed by atoms with Crippen molar-refractivity contribution >= 4 is 5.95 Å². The Bertz CT molecular complexity index is 400. The number of ether oxygens (including phenoxy) is 2. The second-order valence-corrected chi connectivity index (χ2v) is 5.22. The molecule has 0 spiro atoms. The van der Waals surface area contributed by atoms with Gasteiger partial charge in [0.2, 0.25) is 5.95 Å². The van der Waals surface area contributed by atoms with E-state index >= 15 is 0 Å². The Morgan fingerprint density at radius 1 is 1.25 bits per heavy atom. The van der Waals surface area contributed by atoms with Gasteiger partial charge < -0.3 is 20.1 Å². The summed E-state index contributed by atoms with van der Waals surface area (Å²) in [7, 11) is 3.41. The molecule has 0 saturated carbocycles. The maximum Gasteiger partial charge on any atom is 0.225 e. The van der Waals surface area contributed by atoms with Crippen molar-refractivity contribution in [2.45, 2.75) is 38.0 Å². The second-order valence-electron chi connectivity index (χ2n) is 5.22. The highest BCUT2D eigenvalue weighted by Gasteiger charge is 2.34. The molecule has 3 unspecified atom stereocenters. The molecule has 20 heavy (non-hydrogen) atoms. The van der Waals surface area contributed by atoms with Crippen LogP contribution in [0.2, 0.25) is 0 Å². The van der Waals surface area contributed by atoms with Crippen LogP contribution >= 0.6 is 0 Å². The zero-order chi connectivity index (χ0) is 14.5. The van der Waals surface area contributed by atoms with Crippen LogP contribution in [0.25, 0.3) is 0 Å². The molecule has 1 saturated heterocycles. The van der Waals surface area contributed by atoms with Gasteiger partial charge in [0.15, 0.2) is 0 Å². The maximum atomic E-state index is 5.94. The van der Waals surface area contributed by atoms with E-state index in [9.17, 15) is 0 Å². The number of hydrogen-bond acceptors (Lipinski definition) is 6. The Morgan fingerprint density at radius 3 is 2.25 bits per heavy atom. The van der Waals surface area contributed by atoms with Gasteiger partial charge >= 0.3 is 0 Å². The second kappa shape index (κ2) is 6.97. The van der Waals surface area contributed by atoms with Crippen LogP contribution in [0.15, 0.2) is 12.4 Å². The molecular formula is C14H24N4O2. The summed E-state index contributed by atoms with van der Waals surface area (Å²) in [6.07, 6.45) is 5.63. The molecule has 0 amide bonds.